The third kappa shape index (κ3) is 2.93. The molecule has 4 N–H and O–H groups in total. The lowest BCUT2D eigenvalue weighted by Gasteiger charge is -2.22. The van der Waals surface area contributed by atoms with E-state index >= 15 is 0 Å². The van der Waals surface area contributed by atoms with Gasteiger partial charge < -0.3 is 15.7 Å². The standard InChI is InChI=1S/C12H20N6O/c1-7(2)9(4-5-19)15-10-8-6-14-18-11(8)17-12(13-3)16-10/h6-7,9,19H,4-5H2,1-3H3,(H3,13,14,15,16,17,18). The lowest BCUT2D eigenvalue weighted by atomic mass is 10.0. The molecule has 0 aromatic carbocycles. The van der Waals surface area contributed by atoms with Gasteiger partial charge in [0.05, 0.1) is 11.6 Å². The molecule has 2 aromatic heterocycles. The van der Waals surface area contributed by atoms with Crippen LogP contribution in [-0.4, -0.2) is 45.0 Å². The van der Waals surface area contributed by atoms with Crippen molar-refractivity contribution in [3.8, 4) is 0 Å². The molecule has 0 radical (unpaired) electrons. The van der Waals surface area contributed by atoms with Crippen molar-refractivity contribution < 1.29 is 5.11 Å². The van der Waals surface area contributed by atoms with Crippen LogP contribution in [0.2, 0.25) is 0 Å². The van der Waals surface area contributed by atoms with Gasteiger partial charge in [0.25, 0.3) is 0 Å². The maximum atomic E-state index is 9.13. The minimum Gasteiger partial charge on any atom is -0.396 e. The molecule has 0 bridgehead atoms. The molecule has 0 aliphatic heterocycles. The van der Waals surface area contributed by atoms with Gasteiger partial charge in [-0.25, -0.2) is 0 Å². The Labute approximate surface area is 111 Å². The van der Waals surface area contributed by atoms with Crippen LogP contribution in [0.25, 0.3) is 11.0 Å². The second-order valence-electron chi connectivity index (χ2n) is 4.79. The molecule has 1 atom stereocenters. The highest BCUT2D eigenvalue weighted by molar-refractivity contribution is 5.87. The molecular formula is C12H20N6O. The molecule has 0 aliphatic rings. The fourth-order valence-corrected chi connectivity index (χ4v) is 1.94. The van der Waals surface area contributed by atoms with E-state index in [1.165, 1.54) is 0 Å². The molecular weight excluding hydrogens is 244 g/mol. The number of anilines is 2. The summed E-state index contributed by atoms with van der Waals surface area (Å²) in [6.07, 6.45) is 2.38. The molecule has 104 valence electrons. The van der Waals surface area contributed by atoms with Crippen LogP contribution in [0, 0.1) is 5.92 Å². The Bertz CT molecular complexity index is 538. The van der Waals surface area contributed by atoms with Crippen LogP contribution >= 0.6 is 0 Å². The van der Waals surface area contributed by atoms with Crippen LogP contribution in [0.4, 0.5) is 11.8 Å². The summed E-state index contributed by atoms with van der Waals surface area (Å²) in [5.41, 5.74) is 0.688. The van der Waals surface area contributed by atoms with E-state index < -0.39 is 0 Å². The number of rotatable bonds is 6. The van der Waals surface area contributed by atoms with Crippen molar-refractivity contribution in [2.45, 2.75) is 26.3 Å². The van der Waals surface area contributed by atoms with Crippen molar-refractivity contribution in [2.75, 3.05) is 24.3 Å². The normalized spacial score (nSPS) is 12.9. The number of aliphatic hydroxyl groups is 1. The minimum absolute atomic E-state index is 0.147. The number of aromatic amines is 1. The van der Waals surface area contributed by atoms with Crippen LogP contribution in [0.1, 0.15) is 20.3 Å². The highest BCUT2D eigenvalue weighted by Gasteiger charge is 2.16. The number of aromatic nitrogens is 4. The van der Waals surface area contributed by atoms with Crippen LogP contribution in [0.5, 0.6) is 0 Å². The monoisotopic (exact) mass is 264 g/mol. The number of nitrogens with one attached hydrogen (secondary N) is 3. The zero-order valence-corrected chi connectivity index (χ0v) is 11.4. The highest BCUT2D eigenvalue weighted by Crippen LogP contribution is 2.22. The summed E-state index contributed by atoms with van der Waals surface area (Å²) in [7, 11) is 1.77. The van der Waals surface area contributed by atoms with Crippen LogP contribution in [-0.2, 0) is 0 Å². The molecule has 2 aromatic rings. The molecule has 19 heavy (non-hydrogen) atoms. The second-order valence-corrected chi connectivity index (χ2v) is 4.79. The topological polar surface area (TPSA) is 98.8 Å². The first-order valence-corrected chi connectivity index (χ1v) is 6.42. The first-order valence-electron chi connectivity index (χ1n) is 6.42. The van der Waals surface area contributed by atoms with Crippen LogP contribution in [0.15, 0.2) is 6.20 Å². The van der Waals surface area contributed by atoms with Gasteiger partial charge in [0, 0.05) is 19.7 Å². The van der Waals surface area contributed by atoms with Gasteiger partial charge in [-0.05, 0) is 12.3 Å². The van der Waals surface area contributed by atoms with E-state index in [0.717, 1.165) is 11.2 Å². The number of hydrogen-bond donors (Lipinski definition) is 4. The van der Waals surface area contributed by atoms with E-state index in [0.29, 0.717) is 23.9 Å². The van der Waals surface area contributed by atoms with Gasteiger partial charge in [0.15, 0.2) is 5.65 Å². The number of aliphatic hydroxyl groups excluding tert-OH is 1. The van der Waals surface area contributed by atoms with Gasteiger partial charge in [-0.2, -0.15) is 15.1 Å². The summed E-state index contributed by atoms with van der Waals surface area (Å²) < 4.78 is 0. The Hall–Kier alpha value is -1.89. The Morgan fingerprint density at radius 1 is 1.37 bits per heavy atom. The Kier molecular flexibility index (Phi) is 4.16. The zero-order chi connectivity index (χ0) is 13.8. The smallest absolute Gasteiger partial charge is 0.226 e. The molecule has 0 fully saturated rings. The van der Waals surface area contributed by atoms with Gasteiger partial charge >= 0.3 is 0 Å². The summed E-state index contributed by atoms with van der Waals surface area (Å²) in [5, 5.41) is 23.1. The van der Waals surface area contributed by atoms with E-state index in [2.05, 4.69) is 44.6 Å². The van der Waals surface area contributed by atoms with E-state index in [1.807, 2.05) is 0 Å². The molecule has 0 spiro atoms. The SMILES string of the molecule is CNc1nc(NC(CCO)C(C)C)c2cn[nH]c2n1. The Balaban J connectivity index is 2.34. The maximum Gasteiger partial charge on any atom is 0.226 e. The minimum atomic E-state index is 0.147. The zero-order valence-electron chi connectivity index (χ0n) is 11.4. The van der Waals surface area contributed by atoms with Gasteiger partial charge in [-0.15, -0.1) is 0 Å². The first-order chi connectivity index (χ1) is 9.15. The fraction of sp³-hybridized carbons (Fsp3) is 0.583. The highest BCUT2D eigenvalue weighted by atomic mass is 16.3. The summed E-state index contributed by atoms with van der Waals surface area (Å²) in [6, 6.07) is 0.155. The lowest BCUT2D eigenvalue weighted by molar-refractivity contribution is 0.267. The van der Waals surface area contributed by atoms with Gasteiger partial charge in [-0.1, -0.05) is 13.8 Å². The summed E-state index contributed by atoms with van der Waals surface area (Å²) >= 11 is 0. The molecule has 1 unspecified atom stereocenters. The Morgan fingerprint density at radius 3 is 2.79 bits per heavy atom. The molecule has 0 saturated carbocycles. The number of nitrogens with zero attached hydrogens (tertiary/aromatic N) is 3. The van der Waals surface area contributed by atoms with Gasteiger partial charge in [0.1, 0.15) is 5.82 Å². The second kappa shape index (κ2) is 5.83. The summed E-state index contributed by atoms with van der Waals surface area (Å²) in [4.78, 5) is 8.70. The maximum absolute atomic E-state index is 9.13. The van der Waals surface area contributed by atoms with Crippen molar-refractivity contribution in [1.29, 1.82) is 0 Å². The molecule has 0 saturated heterocycles. The summed E-state index contributed by atoms with van der Waals surface area (Å²) in [5.74, 6) is 1.66. The largest absolute Gasteiger partial charge is 0.396 e. The fourth-order valence-electron chi connectivity index (χ4n) is 1.94. The third-order valence-corrected chi connectivity index (χ3v) is 3.10. The third-order valence-electron chi connectivity index (χ3n) is 3.10. The summed E-state index contributed by atoms with van der Waals surface area (Å²) in [6.45, 7) is 4.37. The molecule has 7 nitrogen and oxygen atoms in total. The molecule has 2 heterocycles. The van der Waals surface area contributed by atoms with Crippen LogP contribution in [0.3, 0.4) is 0 Å². The van der Waals surface area contributed by atoms with Crippen molar-refractivity contribution in [3.63, 3.8) is 0 Å². The number of hydrogen-bond acceptors (Lipinski definition) is 6. The molecule has 0 amide bonds. The van der Waals surface area contributed by atoms with Gasteiger partial charge in [-0.3, -0.25) is 5.10 Å². The first kappa shape index (κ1) is 13.5. The van der Waals surface area contributed by atoms with E-state index in [1.54, 1.807) is 13.2 Å². The molecule has 7 heteroatoms. The Morgan fingerprint density at radius 2 is 2.16 bits per heavy atom. The predicted molar refractivity (Wildman–Crippen MR) is 75.2 cm³/mol. The quantitative estimate of drug-likeness (QED) is 0.626. The average Bonchev–Trinajstić information content (AvgIpc) is 2.86. The van der Waals surface area contributed by atoms with Crippen molar-refractivity contribution >= 4 is 22.8 Å². The van der Waals surface area contributed by atoms with E-state index in [4.69, 9.17) is 5.11 Å². The van der Waals surface area contributed by atoms with E-state index in [-0.39, 0.29) is 12.6 Å². The number of H-pyrrole nitrogens is 1. The predicted octanol–water partition coefficient (Wildman–Crippen LogP) is 1.21. The number of fused-ring (bicyclic) bond motifs is 1. The average molecular weight is 264 g/mol. The van der Waals surface area contributed by atoms with E-state index in [9.17, 15) is 0 Å². The lowest BCUT2D eigenvalue weighted by Crippen LogP contribution is -2.27. The van der Waals surface area contributed by atoms with Crippen molar-refractivity contribution in [1.82, 2.24) is 20.2 Å². The van der Waals surface area contributed by atoms with Crippen molar-refractivity contribution in [3.05, 3.63) is 6.20 Å². The van der Waals surface area contributed by atoms with Crippen LogP contribution < -0.4 is 10.6 Å². The molecule has 0 aliphatic carbocycles. The van der Waals surface area contributed by atoms with Gasteiger partial charge in [0.2, 0.25) is 5.95 Å². The molecule has 2 rings (SSSR count). The van der Waals surface area contributed by atoms with Crippen molar-refractivity contribution in [2.24, 2.45) is 5.92 Å².